The molecule has 2 heteroatoms. The highest BCUT2D eigenvalue weighted by atomic mass is 32.2. The summed E-state index contributed by atoms with van der Waals surface area (Å²) in [5.74, 6) is 0. The highest BCUT2D eigenvalue weighted by Gasteiger charge is 1.99. The Kier molecular flexibility index (Phi) is 3.46. The van der Waals surface area contributed by atoms with Crippen LogP contribution in [0.2, 0.25) is 0 Å². The molecule has 0 aliphatic heterocycles. The minimum Gasteiger partial charge on any atom is -0.329 e. The quantitative estimate of drug-likeness (QED) is 0.698. The molecule has 2 N–H and O–H groups in total. The van der Waals surface area contributed by atoms with E-state index in [0.29, 0.717) is 5.25 Å². The van der Waals surface area contributed by atoms with Crippen molar-refractivity contribution in [2.75, 3.05) is 6.54 Å². The van der Waals surface area contributed by atoms with Gasteiger partial charge in [-0.1, -0.05) is 25.1 Å². The molecule has 0 aliphatic carbocycles. The number of rotatable bonds is 3. The third-order valence-electron chi connectivity index (χ3n) is 1.41. The lowest BCUT2D eigenvalue weighted by Gasteiger charge is -2.06. The number of thioether (sulfide) groups is 1. The van der Waals surface area contributed by atoms with Gasteiger partial charge in [-0.25, -0.2) is 0 Å². The summed E-state index contributed by atoms with van der Waals surface area (Å²) >= 11 is 1.82. The number of nitrogens with two attached hydrogens (primary N) is 1. The second-order valence-electron chi connectivity index (χ2n) is 2.48. The van der Waals surface area contributed by atoms with Gasteiger partial charge in [-0.15, -0.1) is 11.8 Å². The van der Waals surface area contributed by atoms with Crippen molar-refractivity contribution in [1.29, 1.82) is 0 Å². The molecule has 1 aromatic rings. The lowest BCUT2D eigenvalue weighted by molar-refractivity contribution is 0.951. The van der Waals surface area contributed by atoms with Crippen LogP contribution in [0.1, 0.15) is 6.92 Å². The second kappa shape index (κ2) is 4.42. The van der Waals surface area contributed by atoms with Gasteiger partial charge in [0.2, 0.25) is 0 Å². The van der Waals surface area contributed by atoms with Gasteiger partial charge >= 0.3 is 0 Å². The highest BCUT2D eigenvalue weighted by molar-refractivity contribution is 8.00. The summed E-state index contributed by atoms with van der Waals surface area (Å²) < 4.78 is 0. The molecule has 1 nitrogen and oxygen atoms in total. The molecule has 0 fully saturated rings. The molecule has 0 heterocycles. The molecule has 0 unspecified atom stereocenters. The van der Waals surface area contributed by atoms with Crippen LogP contribution in [0.25, 0.3) is 0 Å². The molecular formula is C9H13NS. The van der Waals surface area contributed by atoms with Crippen molar-refractivity contribution in [1.82, 2.24) is 0 Å². The Labute approximate surface area is 72.0 Å². The zero-order valence-corrected chi connectivity index (χ0v) is 7.47. The molecule has 0 aliphatic rings. The molecule has 60 valence electrons. The Balaban J connectivity index is 2.51. The Morgan fingerprint density at radius 3 is 2.55 bits per heavy atom. The fourth-order valence-electron chi connectivity index (χ4n) is 0.779. The fraction of sp³-hybridized carbons (Fsp3) is 0.333. The minimum absolute atomic E-state index is 0.511. The topological polar surface area (TPSA) is 26.0 Å². The SMILES string of the molecule is C[C@@H](CN)Sc1ccccc1. The number of benzene rings is 1. The zero-order valence-electron chi connectivity index (χ0n) is 6.66. The van der Waals surface area contributed by atoms with Gasteiger partial charge in [-0.05, 0) is 12.1 Å². The predicted octanol–water partition coefficient (Wildman–Crippen LogP) is 2.13. The summed E-state index contributed by atoms with van der Waals surface area (Å²) in [4.78, 5) is 1.30. The summed E-state index contributed by atoms with van der Waals surface area (Å²) in [6.07, 6.45) is 0. The van der Waals surface area contributed by atoms with Crippen LogP contribution in [0.3, 0.4) is 0 Å². The zero-order chi connectivity index (χ0) is 8.10. The minimum atomic E-state index is 0.511. The maximum absolute atomic E-state index is 5.50. The molecule has 0 saturated heterocycles. The molecule has 0 radical (unpaired) electrons. The Bertz CT molecular complexity index is 198. The molecule has 11 heavy (non-hydrogen) atoms. The first kappa shape index (κ1) is 8.62. The van der Waals surface area contributed by atoms with Crippen LogP contribution in [0.15, 0.2) is 35.2 Å². The highest BCUT2D eigenvalue weighted by Crippen LogP contribution is 2.21. The van der Waals surface area contributed by atoms with Crippen molar-refractivity contribution >= 4 is 11.8 Å². The van der Waals surface area contributed by atoms with Gasteiger partial charge in [0.05, 0.1) is 0 Å². The molecule has 1 atom stereocenters. The summed E-state index contributed by atoms with van der Waals surface area (Å²) in [6.45, 7) is 2.87. The van der Waals surface area contributed by atoms with Gasteiger partial charge in [0, 0.05) is 16.7 Å². The van der Waals surface area contributed by atoms with E-state index in [1.807, 2.05) is 30.0 Å². The van der Waals surface area contributed by atoms with Crippen LogP contribution >= 0.6 is 11.8 Å². The van der Waals surface area contributed by atoms with E-state index in [4.69, 9.17) is 5.73 Å². The number of hydrogen-bond acceptors (Lipinski definition) is 2. The van der Waals surface area contributed by atoms with E-state index in [2.05, 4.69) is 19.1 Å². The average molecular weight is 167 g/mol. The van der Waals surface area contributed by atoms with Crippen molar-refractivity contribution in [3.05, 3.63) is 30.3 Å². The van der Waals surface area contributed by atoms with E-state index in [1.54, 1.807) is 0 Å². The van der Waals surface area contributed by atoms with Gasteiger partial charge in [-0.3, -0.25) is 0 Å². The summed E-state index contributed by atoms with van der Waals surface area (Å²) in [6, 6.07) is 10.3. The molecule has 0 saturated carbocycles. The van der Waals surface area contributed by atoms with Gasteiger partial charge in [0.15, 0.2) is 0 Å². The smallest absolute Gasteiger partial charge is 0.0189 e. The predicted molar refractivity (Wildman–Crippen MR) is 50.8 cm³/mol. The first-order valence-electron chi connectivity index (χ1n) is 3.74. The lowest BCUT2D eigenvalue weighted by atomic mass is 10.4. The standard InChI is InChI=1S/C9H13NS/c1-8(7-10)11-9-5-3-2-4-6-9/h2-6,8H,7,10H2,1H3/t8-/m0/s1. The van der Waals surface area contributed by atoms with Crippen LogP contribution in [-0.4, -0.2) is 11.8 Å². The van der Waals surface area contributed by atoms with Crippen LogP contribution in [0.4, 0.5) is 0 Å². The first-order chi connectivity index (χ1) is 5.33. The lowest BCUT2D eigenvalue weighted by Crippen LogP contribution is -2.11. The Morgan fingerprint density at radius 1 is 1.36 bits per heavy atom. The van der Waals surface area contributed by atoms with Crippen molar-refractivity contribution < 1.29 is 0 Å². The van der Waals surface area contributed by atoms with Crippen LogP contribution in [-0.2, 0) is 0 Å². The van der Waals surface area contributed by atoms with E-state index in [9.17, 15) is 0 Å². The maximum Gasteiger partial charge on any atom is 0.0189 e. The largest absolute Gasteiger partial charge is 0.329 e. The third-order valence-corrected chi connectivity index (χ3v) is 2.55. The molecule has 0 spiro atoms. The molecule has 0 aromatic heterocycles. The van der Waals surface area contributed by atoms with Gasteiger partial charge < -0.3 is 5.73 Å². The molecular weight excluding hydrogens is 154 g/mol. The molecule has 0 bridgehead atoms. The normalized spacial score (nSPS) is 12.9. The number of hydrogen-bond donors (Lipinski definition) is 1. The maximum atomic E-state index is 5.50. The van der Waals surface area contributed by atoms with E-state index in [1.165, 1.54) is 4.90 Å². The van der Waals surface area contributed by atoms with E-state index >= 15 is 0 Å². The van der Waals surface area contributed by atoms with Gasteiger partial charge in [0.1, 0.15) is 0 Å². The average Bonchev–Trinajstić information content (AvgIpc) is 2.06. The van der Waals surface area contributed by atoms with Crippen molar-refractivity contribution in [2.45, 2.75) is 17.1 Å². The summed E-state index contributed by atoms with van der Waals surface area (Å²) in [5.41, 5.74) is 5.50. The summed E-state index contributed by atoms with van der Waals surface area (Å²) in [7, 11) is 0. The van der Waals surface area contributed by atoms with Crippen LogP contribution < -0.4 is 5.73 Å². The third kappa shape index (κ3) is 2.95. The van der Waals surface area contributed by atoms with E-state index < -0.39 is 0 Å². The Hall–Kier alpha value is -0.470. The van der Waals surface area contributed by atoms with Crippen molar-refractivity contribution in [2.24, 2.45) is 5.73 Å². The van der Waals surface area contributed by atoms with E-state index in [0.717, 1.165) is 6.54 Å². The van der Waals surface area contributed by atoms with Gasteiger partial charge in [0.25, 0.3) is 0 Å². The summed E-state index contributed by atoms with van der Waals surface area (Å²) in [5, 5.41) is 0.511. The van der Waals surface area contributed by atoms with E-state index in [-0.39, 0.29) is 0 Å². The van der Waals surface area contributed by atoms with Crippen LogP contribution in [0, 0.1) is 0 Å². The molecule has 1 aromatic carbocycles. The van der Waals surface area contributed by atoms with Crippen molar-refractivity contribution in [3.8, 4) is 0 Å². The fourth-order valence-corrected chi connectivity index (χ4v) is 1.65. The van der Waals surface area contributed by atoms with Crippen LogP contribution in [0.5, 0.6) is 0 Å². The molecule has 0 amide bonds. The van der Waals surface area contributed by atoms with Gasteiger partial charge in [-0.2, -0.15) is 0 Å². The first-order valence-corrected chi connectivity index (χ1v) is 4.62. The second-order valence-corrected chi connectivity index (χ2v) is 3.99. The van der Waals surface area contributed by atoms with Crippen molar-refractivity contribution in [3.63, 3.8) is 0 Å². The monoisotopic (exact) mass is 167 g/mol. The molecule has 1 rings (SSSR count). The Morgan fingerprint density at radius 2 is 2.00 bits per heavy atom.